The van der Waals surface area contributed by atoms with Crippen LogP contribution in [0.15, 0.2) is 53.7 Å². The third-order valence-corrected chi connectivity index (χ3v) is 3.49. The lowest BCUT2D eigenvalue weighted by Gasteiger charge is -2.12. The molecule has 0 spiro atoms. The standard InChI is InChI=1S/C19H26N4O/c1-3-20-19(23-14-18-11-7-8-12-21-18)22-13-16-9-5-6-10-17(16)15-24-4-2/h5-12H,3-4,13-15H2,1-2H3,(H2,20,22,23). The Hall–Kier alpha value is -2.40. The summed E-state index contributed by atoms with van der Waals surface area (Å²) >= 11 is 0. The summed E-state index contributed by atoms with van der Waals surface area (Å²) < 4.78 is 5.53. The van der Waals surface area contributed by atoms with Gasteiger partial charge in [0.1, 0.15) is 0 Å². The van der Waals surface area contributed by atoms with Crippen molar-refractivity contribution >= 4 is 5.96 Å². The van der Waals surface area contributed by atoms with E-state index in [1.807, 2.05) is 37.3 Å². The topological polar surface area (TPSA) is 58.5 Å². The van der Waals surface area contributed by atoms with E-state index in [0.717, 1.165) is 18.2 Å². The number of nitrogens with one attached hydrogen (secondary N) is 2. The molecule has 0 fully saturated rings. The van der Waals surface area contributed by atoms with Crippen molar-refractivity contribution < 1.29 is 4.74 Å². The summed E-state index contributed by atoms with van der Waals surface area (Å²) in [6.45, 7) is 7.47. The van der Waals surface area contributed by atoms with Crippen molar-refractivity contribution in [2.24, 2.45) is 4.99 Å². The third-order valence-electron chi connectivity index (χ3n) is 3.49. The summed E-state index contributed by atoms with van der Waals surface area (Å²) in [5, 5.41) is 6.58. The number of benzene rings is 1. The predicted octanol–water partition coefficient (Wildman–Crippen LogP) is 2.87. The fraction of sp³-hybridized carbons (Fsp3) is 0.368. The lowest BCUT2D eigenvalue weighted by atomic mass is 10.1. The molecule has 0 radical (unpaired) electrons. The molecule has 0 unspecified atom stereocenters. The van der Waals surface area contributed by atoms with Crippen molar-refractivity contribution in [2.45, 2.75) is 33.5 Å². The zero-order valence-electron chi connectivity index (χ0n) is 14.5. The molecule has 0 aliphatic carbocycles. The van der Waals surface area contributed by atoms with E-state index in [1.54, 1.807) is 6.20 Å². The van der Waals surface area contributed by atoms with Crippen LogP contribution < -0.4 is 10.6 Å². The molecule has 0 bridgehead atoms. The summed E-state index contributed by atoms with van der Waals surface area (Å²) in [7, 11) is 0. The Morgan fingerprint density at radius 2 is 1.83 bits per heavy atom. The first-order valence-electron chi connectivity index (χ1n) is 8.40. The summed E-state index contributed by atoms with van der Waals surface area (Å²) in [5.41, 5.74) is 3.35. The average Bonchev–Trinajstić information content (AvgIpc) is 2.64. The van der Waals surface area contributed by atoms with Gasteiger partial charge in [-0.1, -0.05) is 30.3 Å². The first kappa shape index (κ1) is 17.9. The quantitative estimate of drug-likeness (QED) is 0.578. The fourth-order valence-corrected chi connectivity index (χ4v) is 2.25. The van der Waals surface area contributed by atoms with Crippen LogP contribution in [-0.4, -0.2) is 24.1 Å². The van der Waals surface area contributed by atoms with Gasteiger partial charge in [0.25, 0.3) is 0 Å². The summed E-state index contributed by atoms with van der Waals surface area (Å²) in [6, 6.07) is 14.2. The largest absolute Gasteiger partial charge is 0.377 e. The molecule has 1 heterocycles. The van der Waals surface area contributed by atoms with Crippen molar-refractivity contribution in [3.8, 4) is 0 Å². The van der Waals surface area contributed by atoms with Crippen molar-refractivity contribution in [2.75, 3.05) is 13.2 Å². The Labute approximate surface area is 144 Å². The monoisotopic (exact) mass is 326 g/mol. The van der Waals surface area contributed by atoms with Gasteiger partial charge in [-0.3, -0.25) is 4.98 Å². The Bertz CT molecular complexity index is 628. The van der Waals surface area contributed by atoms with E-state index in [9.17, 15) is 0 Å². The molecule has 0 saturated heterocycles. The number of rotatable bonds is 8. The number of guanidine groups is 1. The van der Waals surface area contributed by atoms with Crippen LogP contribution in [0.1, 0.15) is 30.7 Å². The number of hydrogen-bond acceptors (Lipinski definition) is 3. The van der Waals surface area contributed by atoms with Crippen LogP contribution in [0.4, 0.5) is 0 Å². The minimum atomic E-state index is 0.612. The highest BCUT2D eigenvalue weighted by atomic mass is 16.5. The van der Waals surface area contributed by atoms with Gasteiger partial charge >= 0.3 is 0 Å². The maximum absolute atomic E-state index is 5.53. The van der Waals surface area contributed by atoms with Gasteiger partial charge in [0, 0.05) is 19.3 Å². The molecule has 1 aromatic carbocycles. The van der Waals surface area contributed by atoms with Gasteiger partial charge in [0.05, 0.1) is 25.4 Å². The number of ether oxygens (including phenoxy) is 1. The average molecular weight is 326 g/mol. The molecule has 0 aliphatic rings. The van der Waals surface area contributed by atoms with Crippen molar-refractivity contribution in [1.82, 2.24) is 15.6 Å². The molecule has 1 aromatic heterocycles. The van der Waals surface area contributed by atoms with Gasteiger partial charge in [-0.05, 0) is 37.1 Å². The predicted molar refractivity (Wildman–Crippen MR) is 97.7 cm³/mol. The van der Waals surface area contributed by atoms with Gasteiger partial charge in [0.15, 0.2) is 5.96 Å². The highest BCUT2D eigenvalue weighted by Gasteiger charge is 2.03. The molecule has 0 aliphatic heterocycles. The molecular formula is C19H26N4O. The fourth-order valence-electron chi connectivity index (χ4n) is 2.25. The minimum absolute atomic E-state index is 0.612. The summed E-state index contributed by atoms with van der Waals surface area (Å²) in [6.07, 6.45) is 1.80. The molecule has 2 rings (SSSR count). The third kappa shape index (κ3) is 6.01. The van der Waals surface area contributed by atoms with E-state index in [0.29, 0.717) is 26.3 Å². The number of nitrogens with zero attached hydrogens (tertiary/aromatic N) is 2. The summed E-state index contributed by atoms with van der Waals surface area (Å²) in [4.78, 5) is 8.99. The normalized spacial score (nSPS) is 11.3. The molecule has 0 saturated carbocycles. The second kappa shape index (κ2) is 10.4. The second-order valence-corrected chi connectivity index (χ2v) is 5.28. The second-order valence-electron chi connectivity index (χ2n) is 5.28. The first-order valence-corrected chi connectivity index (χ1v) is 8.40. The molecule has 0 amide bonds. The van der Waals surface area contributed by atoms with Crippen LogP contribution in [0.3, 0.4) is 0 Å². The number of pyridine rings is 1. The smallest absolute Gasteiger partial charge is 0.191 e. The van der Waals surface area contributed by atoms with Gasteiger partial charge in [-0.2, -0.15) is 0 Å². The highest BCUT2D eigenvalue weighted by molar-refractivity contribution is 5.79. The van der Waals surface area contributed by atoms with Crippen LogP contribution in [0.25, 0.3) is 0 Å². The zero-order valence-corrected chi connectivity index (χ0v) is 14.5. The van der Waals surface area contributed by atoms with Gasteiger partial charge in [-0.25, -0.2) is 4.99 Å². The van der Waals surface area contributed by atoms with E-state index in [2.05, 4.69) is 39.7 Å². The van der Waals surface area contributed by atoms with Crippen LogP contribution in [0.5, 0.6) is 0 Å². The number of hydrogen-bond donors (Lipinski definition) is 2. The van der Waals surface area contributed by atoms with Crippen LogP contribution in [-0.2, 0) is 24.4 Å². The Balaban J connectivity index is 2.00. The molecule has 5 nitrogen and oxygen atoms in total. The van der Waals surface area contributed by atoms with Crippen LogP contribution in [0.2, 0.25) is 0 Å². The van der Waals surface area contributed by atoms with Gasteiger partial charge < -0.3 is 15.4 Å². The van der Waals surface area contributed by atoms with E-state index in [-0.39, 0.29) is 0 Å². The van der Waals surface area contributed by atoms with Gasteiger partial charge in [-0.15, -0.1) is 0 Å². The molecule has 128 valence electrons. The Morgan fingerprint density at radius 3 is 2.54 bits per heavy atom. The highest BCUT2D eigenvalue weighted by Crippen LogP contribution is 2.11. The van der Waals surface area contributed by atoms with E-state index in [4.69, 9.17) is 4.74 Å². The first-order chi connectivity index (χ1) is 11.8. The van der Waals surface area contributed by atoms with E-state index < -0.39 is 0 Å². The minimum Gasteiger partial charge on any atom is -0.377 e. The van der Waals surface area contributed by atoms with Gasteiger partial charge in [0.2, 0.25) is 0 Å². The molecule has 2 aromatic rings. The summed E-state index contributed by atoms with van der Waals surface area (Å²) in [5.74, 6) is 0.786. The maximum Gasteiger partial charge on any atom is 0.191 e. The molecule has 0 atom stereocenters. The lowest BCUT2D eigenvalue weighted by Crippen LogP contribution is -2.37. The van der Waals surface area contributed by atoms with Crippen molar-refractivity contribution in [3.05, 3.63) is 65.5 Å². The number of aromatic nitrogens is 1. The SMILES string of the molecule is CCNC(=NCc1ccccc1COCC)NCc1ccccn1. The Kier molecular flexibility index (Phi) is 7.77. The van der Waals surface area contributed by atoms with E-state index >= 15 is 0 Å². The lowest BCUT2D eigenvalue weighted by molar-refractivity contribution is 0.133. The zero-order chi connectivity index (χ0) is 17.0. The van der Waals surface area contributed by atoms with Crippen molar-refractivity contribution in [3.63, 3.8) is 0 Å². The maximum atomic E-state index is 5.53. The Morgan fingerprint density at radius 1 is 1.04 bits per heavy atom. The number of aliphatic imine (C=N–C) groups is 1. The van der Waals surface area contributed by atoms with Crippen LogP contribution >= 0.6 is 0 Å². The molecule has 5 heteroatoms. The molecular weight excluding hydrogens is 300 g/mol. The molecule has 2 N–H and O–H groups in total. The molecule has 24 heavy (non-hydrogen) atoms. The van der Waals surface area contributed by atoms with Crippen molar-refractivity contribution in [1.29, 1.82) is 0 Å². The van der Waals surface area contributed by atoms with Crippen LogP contribution in [0, 0.1) is 0 Å². The van der Waals surface area contributed by atoms with E-state index in [1.165, 1.54) is 11.1 Å².